The number of carbonyl (C=O) groups excluding carboxylic acids is 1. The number of hydrogen-bond donors (Lipinski definition) is 1. The zero-order chi connectivity index (χ0) is 16.9. The lowest BCUT2D eigenvalue weighted by atomic mass is 9.88. The van der Waals surface area contributed by atoms with Crippen LogP contribution in [0.1, 0.15) is 55.3 Å². The molecule has 1 saturated carbocycles. The fourth-order valence-corrected chi connectivity index (χ4v) is 4.41. The summed E-state index contributed by atoms with van der Waals surface area (Å²) >= 11 is 3.23. The van der Waals surface area contributed by atoms with Crippen molar-refractivity contribution in [2.24, 2.45) is 5.92 Å². The standard InChI is InChI=1S/C19H26BrFN2O/c20-16-10-15(11-17(21)12-16)19(24)22-18-6-8-23(9-7-18)13-14-4-2-1-3-5-14/h10-12,14,18H,1-9,13H2,(H,22,24). The number of benzene rings is 1. The molecule has 0 unspecified atom stereocenters. The van der Waals surface area contributed by atoms with E-state index < -0.39 is 5.82 Å². The second-order valence-electron chi connectivity index (χ2n) is 7.21. The molecule has 2 fully saturated rings. The van der Waals surface area contributed by atoms with E-state index in [1.165, 1.54) is 50.8 Å². The van der Waals surface area contributed by atoms with Gasteiger partial charge in [-0.25, -0.2) is 4.39 Å². The van der Waals surface area contributed by atoms with Gasteiger partial charge in [-0.3, -0.25) is 4.79 Å². The van der Waals surface area contributed by atoms with Crippen LogP contribution in [0, 0.1) is 11.7 Å². The van der Waals surface area contributed by atoms with Crippen LogP contribution in [0.5, 0.6) is 0 Å². The predicted octanol–water partition coefficient (Wildman–Crippen LogP) is 4.36. The molecule has 5 heteroatoms. The molecule has 0 atom stereocenters. The fourth-order valence-electron chi connectivity index (χ4n) is 3.95. The Kier molecular flexibility index (Phi) is 6.28. The monoisotopic (exact) mass is 396 g/mol. The third-order valence-electron chi connectivity index (χ3n) is 5.29. The molecule has 132 valence electrons. The summed E-state index contributed by atoms with van der Waals surface area (Å²) in [6.07, 6.45) is 8.90. The SMILES string of the molecule is O=C(NC1CCN(CC2CCCCC2)CC1)c1cc(F)cc(Br)c1. The van der Waals surface area contributed by atoms with Crippen LogP contribution < -0.4 is 5.32 Å². The van der Waals surface area contributed by atoms with E-state index in [0.29, 0.717) is 10.0 Å². The number of nitrogens with one attached hydrogen (secondary N) is 1. The minimum atomic E-state index is -0.392. The molecule has 1 aromatic carbocycles. The van der Waals surface area contributed by atoms with Gasteiger partial charge >= 0.3 is 0 Å². The third-order valence-corrected chi connectivity index (χ3v) is 5.75. The van der Waals surface area contributed by atoms with E-state index >= 15 is 0 Å². The van der Waals surface area contributed by atoms with Gasteiger partial charge in [0.1, 0.15) is 5.82 Å². The van der Waals surface area contributed by atoms with E-state index in [1.807, 2.05) is 0 Å². The van der Waals surface area contributed by atoms with E-state index in [4.69, 9.17) is 0 Å². The fraction of sp³-hybridized carbons (Fsp3) is 0.632. The molecule has 1 aliphatic heterocycles. The second kappa shape index (κ2) is 8.43. The molecule has 2 aliphatic rings. The molecule has 24 heavy (non-hydrogen) atoms. The summed E-state index contributed by atoms with van der Waals surface area (Å²) in [4.78, 5) is 14.9. The first-order valence-electron chi connectivity index (χ1n) is 9.09. The van der Waals surface area contributed by atoms with E-state index in [9.17, 15) is 9.18 Å². The topological polar surface area (TPSA) is 32.3 Å². The van der Waals surface area contributed by atoms with Crippen LogP contribution in [-0.4, -0.2) is 36.5 Å². The largest absolute Gasteiger partial charge is 0.349 e. The molecule has 1 N–H and O–H groups in total. The average Bonchev–Trinajstić information content (AvgIpc) is 2.57. The van der Waals surface area contributed by atoms with Crippen molar-refractivity contribution < 1.29 is 9.18 Å². The first-order valence-corrected chi connectivity index (χ1v) is 9.89. The molecule has 0 aromatic heterocycles. The Labute approximate surface area is 152 Å². The van der Waals surface area contributed by atoms with Gasteiger partial charge in [-0.1, -0.05) is 35.2 Å². The van der Waals surface area contributed by atoms with Crippen LogP contribution in [0.4, 0.5) is 4.39 Å². The summed E-state index contributed by atoms with van der Waals surface area (Å²) in [7, 11) is 0. The van der Waals surface area contributed by atoms with Gasteiger partial charge in [0.05, 0.1) is 0 Å². The van der Waals surface area contributed by atoms with Crippen LogP contribution in [0.3, 0.4) is 0 Å². The van der Waals surface area contributed by atoms with Crippen molar-refractivity contribution in [3.8, 4) is 0 Å². The maximum Gasteiger partial charge on any atom is 0.251 e. The smallest absolute Gasteiger partial charge is 0.251 e. The number of nitrogens with zero attached hydrogens (tertiary/aromatic N) is 1. The lowest BCUT2D eigenvalue weighted by Crippen LogP contribution is -2.46. The Hall–Kier alpha value is -0.940. The Morgan fingerprint density at radius 2 is 1.83 bits per heavy atom. The normalized spacial score (nSPS) is 20.9. The number of hydrogen-bond acceptors (Lipinski definition) is 2. The number of carbonyl (C=O) groups is 1. The minimum absolute atomic E-state index is 0.180. The molecule has 1 heterocycles. The van der Waals surface area contributed by atoms with Gasteiger partial charge in [-0.15, -0.1) is 0 Å². The highest BCUT2D eigenvalue weighted by Crippen LogP contribution is 2.25. The van der Waals surface area contributed by atoms with Crippen molar-refractivity contribution in [2.75, 3.05) is 19.6 Å². The molecule has 0 bridgehead atoms. The van der Waals surface area contributed by atoms with Gasteiger partial charge in [0, 0.05) is 35.7 Å². The first kappa shape index (κ1) is 17.9. The Morgan fingerprint density at radius 1 is 1.12 bits per heavy atom. The maximum atomic E-state index is 13.4. The van der Waals surface area contributed by atoms with E-state index in [-0.39, 0.29) is 11.9 Å². The van der Waals surface area contributed by atoms with Crippen LogP contribution in [0.15, 0.2) is 22.7 Å². The summed E-state index contributed by atoms with van der Waals surface area (Å²) in [5.41, 5.74) is 0.381. The van der Waals surface area contributed by atoms with Crippen molar-refractivity contribution in [2.45, 2.75) is 51.0 Å². The molecular weight excluding hydrogens is 371 g/mol. The van der Waals surface area contributed by atoms with Gasteiger partial charge in [0.15, 0.2) is 0 Å². The van der Waals surface area contributed by atoms with Crippen LogP contribution in [0.2, 0.25) is 0 Å². The molecule has 1 aliphatic carbocycles. The van der Waals surface area contributed by atoms with Crippen molar-refractivity contribution in [3.05, 3.63) is 34.1 Å². The average molecular weight is 397 g/mol. The summed E-state index contributed by atoms with van der Waals surface area (Å²) in [6.45, 7) is 3.32. The molecule has 1 saturated heterocycles. The number of halogens is 2. The highest BCUT2D eigenvalue weighted by Gasteiger charge is 2.24. The van der Waals surface area contributed by atoms with Crippen molar-refractivity contribution in [3.63, 3.8) is 0 Å². The summed E-state index contributed by atoms with van der Waals surface area (Å²) in [6, 6.07) is 4.51. The predicted molar refractivity (Wildman–Crippen MR) is 97.6 cm³/mol. The van der Waals surface area contributed by atoms with Crippen molar-refractivity contribution in [1.29, 1.82) is 0 Å². The van der Waals surface area contributed by atoms with Gasteiger partial charge < -0.3 is 10.2 Å². The van der Waals surface area contributed by atoms with Crippen molar-refractivity contribution in [1.82, 2.24) is 10.2 Å². The molecule has 1 amide bonds. The highest BCUT2D eigenvalue weighted by molar-refractivity contribution is 9.10. The molecule has 0 spiro atoms. The quantitative estimate of drug-likeness (QED) is 0.819. The van der Waals surface area contributed by atoms with Crippen LogP contribution >= 0.6 is 15.9 Å². The van der Waals surface area contributed by atoms with Gasteiger partial charge in [-0.05, 0) is 49.8 Å². The zero-order valence-corrected chi connectivity index (χ0v) is 15.7. The number of amides is 1. The number of piperidine rings is 1. The summed E-state index contributed by atoms with van der Waals surface area (Å²) < 4.78 is 14.0. The third kappa shape index (κ3) is 5.03. The Morgan fingerprint density at radius 3 is 2.50 bits per heavy atom. The van der Waals surface area contributed by atoms with Crippen LogP contribution in [0.25, 0.3) is 0 Å². The number of rotatable bonds is 4. The summed E-state index contributed by atoms with van der Waals surface area (Å²) in [5.74, 6) is 0.298. The van der Waals surface area contributed by atoms with Gasteiger partial charge in [0.2, 0.25) is 0 Å². The first-order chi connectivity index (χ1) is 11.6. The lowest BCUT2D eigenvalue weighted by molar-refractivity contribution is 0.0901. The molecule has 3 rings (SSSR count). The van der Waals surface area contributed by atoms with Gasteiger partial charge in [0.25, 0.3) is 5.91 Å². The Balaban J connectivity index is 1.45. The maximum absolute atomic E-state index is 13.4. The minimum Gasteiger partial charge on any atom is -0.349 e. The van der Waals surface area contributed by atoms with Gasteiger partial charge in [-0.2, -0.15) is 0 Å². The van der Waals surface area contributed by atoms with E-state index in [0.717, 1.165) is 31.8 Å². The molecule has 0 radical (unpaired) electrons. The lowest BCUT2D eigenvalue weighted by Gasteiger charge is -2.35. The number of likely N-dealkylation sites (tertiary alicyclic amines) is 1. The Bertz CT molecular complexity index is 546. The summed E-state index contributed by atoms with van der Waals surface area (Å²) in [5, 5.41) is 3.06. The molecule has 3 nitrogen and oxygen atoms in total. The second-order valence-corrected chi connectivity index (χ2v) is 8.13. The van der Waals surface area contributed by atoms with Crippen LogP contribution in [-0.2, 0) is 0 Å². The van der Waals surface area contributed by atoms with Crippen molar-refractivity contribution >= 4 is 21.8 Å². The van der Waals surface area contributed by atoms with E-state index in [2.05, 4.69) is 26.1 Å². The highest BCUT2D eigenvalue weighted by atomic mass is 79.9. The van der Waals surface area contributed by atoms with E-state index in [1.54, 1.807) is 6.07 Å². The molecule has 1 aromatic rings. The molecular formula is C19H26BrFN2O. The zero-order valence-electron chi connectivity index (χ0n) is 14.1.